The van der Waals surface area contributed by atoms with Crippen LogP contribution in [0.15, 0.2) is 18.5 Å². The summed E-state index contributed by atoms with van der Waals surface area (Å²) in [6.45, 7) is 3.51. The number of rotatable bonds is 4. The van der Waals surface area contributed by atoms with Crippen molar-refractivity contribution < 1.29 is 4.79 Å². The van der Waals surface area contributed by atoms with Gasteiger partial charge in [-0.1, -0.05) is 0 Å². The van der Waals surface area contributed by atoms with Gasteiger partial charge in [0.05, 0.1) is 0 Å². The summed E-state index contributed by atoms with van der Waals surface area (Å²) in [6, 6.07) is 1.83. The largest absolute Gasteiger partial charge is 0.338 e. The molecule has 3 aliphatic rings. The Morgan fingerprint density at radius 1 is 1.24 bits per heavy atom. The third kappa shape index (κ3) is 2.73. The summed E-state index contributed by atoms with van der Waals surface area (Å²) < 4.78 is 0. The molecule has 5 rings (SSSR count). The predicted molar refractivity (Wildman–Crippen MR) is 92.2 cm³/mol. The molecule has 0 bridgehead atoms. The molecule has 1 amide bonds. The number of pyridine rings is 1. The van der Waals surface area contributed by atoms with Crippen LogP contribution in [0.5, 0.6) is 0 Å². The molecule has 25 heavy (non-hydrogen) atoms. The van der Waals surface area contributed by atoms with Crippen LogP contribution in [-0.4, -0.2) is 44.1 Å². The molecule has 0 radical (unpaired) electrons. The molecule has 2 aromatic rings. The van der Waals surface area contributed by atoms with Crippen LogP contribution in [0.3, 0.4) is 0 Å². The summed E-state index contributed by atoms with van der Waals surface area (Å²) in [5.74, 6) is 4.17. The maximum atomic E-state index is 13.0. The summed E-state index contributed by atoms with van der Waals surface area (Å²) in [5.41, 5.74) is 1.70. The van der Waals surface area contributed by atoms with Gasteiger partial charge in [0, 0.05) is 42.9 Å². The minimum atomic E-state index is 0.120. The van der Waals surface area contributed by atoms with Crippen molar-refractivity contribution in [2.45, 2.75) is 44.4 Å². The zero-order valence-electron chi connectivity index (χ0n) is 14.5. The average Bonchev–Trinajstić information content (AvgIpc) is 3.55. The number of aromatic amines is 1. The molecule has 2 aliphatic carbocycles. The van der Waals surface area contributed by atoms with Gasteiger partial charge in [0.2, 0.25) is 0 Å². The van der Waals surface area contributed by atoms with E-state index in [1.165, 1.54) is 25.7 Å². The zero-order valence-corrected chi connectivity index (χ0v) is 14.5. The third-order valence-electron chi connectivity index (χ3n) is 5.94. The number of H-pyrrole nitrogens is 1. The van der Waals surface area contributed by atoms with Gasteiger partial charge in [-0.05, 0) is 56.1 Å². The first-order chi connectivity index (χ1) is 12.2. The fourth-order valence-electron chi connectivity index (χ4n) is 4.15. The molecule has 3 fully saturated rings. The van der Waals surface area contributed by atoms with Gasteiger partial charge >= 0.3 is 0 Å². The number of hydrogen-bond donors (Lipinski definition) is 1. The standard InChI is InChI=1S/C19H23N5O/c1-11-8-20-7-6-14(11)19(25)24-9-15(12-2-3-12)16(10-24)18-21-17(22-23-18)13-4-5-13/h6-8,12-13,15-16H,2-5,9-10H2,1H3,(H,21,22,23)/t15-,16+/m1/s1. The monoisotopic (exact) mass is 337 g/mol. The molecule has 2 atom stereocenters. The van der Waals surface area contributed by atoms with E-state index in [1.54, 1.807) is 12.4 Å². The lowest BCUT2D eigenvalue weighted by Crippen LogP contribution is -2.29. The van der Waals surface area contributed by atoms with E-state index in [2.05, 4.69) is 15.2 Å². The van der Waals surface area contributed by atoms with Gasteiger partial charge in [-0.25, -0.2) is 4.98 Å². The number of carbonyl (C=O) groups is 1. The van der Waals surface area contributed by atoms with E-state index < -0.39 is 0 Å². The van der Waals surface area contributed by atoms with Gasteiger partial charge in [0.25, 0.3) is 5.91 Å². The van der Waals surface area contributed by atoms with Crippen molar-refractivity contribution in [1.29, 1.82) is 0 Å². The summed E-state index contributed by atoms with van der Waals surface area (Å²) in [6.07, 6.45) is 8.43. The van der Waals surface area contributed by atoms with Gasteiger partial charge in [0.1, 0.15) is 5.82 Å². The Labute approximate surface area is 147 Å². The fraction of sp³-hybridized carbons (Fsp3) is 0.579. The highest BCUT2D eigenvalue weighted by molar-refractivity contribution is 5.95. The van der Waals surface area contributed by atoms with Crippen molar-refractivity contribution in [3.63, 3.8) is 0 Å². The van der Waals surface area contributed by atoms with Crippen molar-refractivity contribution in [2.75, 3.05) is 13.1 Å². The predicted octanol–water partition coefficient (Wildman–Crippen LogP) is 2.65. The van der Waals surface area contributed by atoms with Crippen LogP contribution >= 0.6 is 0 Å². The van der Waals surface area contributed by atoms with Crippen molar-refractivity contribution in [2.24, 2.45) is 11.8 Å². The molecule has 0 aromatic carbocycles. The lowest BCUT2D eigenvalue weighted by atomic mass is 9.91. The Balaban J connectivity index is 1.40. The van der Waals surface area contributed by atoms with Gasteiger partial charge in [-0.3, -0.25) is 14.9 Å². The number of aromatic nitrogens is 4. The maximum absolute atomic E-state index is 13.0. The molecule has 6 heteroatoms. The van der Waals surface area contributed by atoms with Crippen LogP contribution < -0.4 is 0 Å². The summed E-state index contributed by atoms with van der Waals surface area (Å²) in [5, 5.41) is 7.61. The number of amides is 1. The molecule has 6 nitrogen and oxygen atoms in total. The van der Waals surface area contributed by atoms with E-state index in [4.69, 9.17) is 4.98 Å². The number of nitrogens with zero attached hydrogens (tertiary/aromatic N) is 4. The quantitative estimate of drug-likeness (QED) is 0.931. The molecular weight excluding hydrogens is 314 g/mol. The second kappa shape index (κ2) is 5.64. The molecule has 130 valence electrons. The van der Waals surface area contributed by atoms with Crippen molar-refractivity contribution >= 4 is 5.91 Å². The number of hydrogen-bond acceptors (Lipinski definition) is 4. The number of likely N-dealkylation sites (tertiary alicyclic amines) is 1. The van der Waals surface area contributed by atoms with Crippen LogP contribution in [0, 0.1) is 18.8 Å². The lowest BCUT2D eigenvalue weighted by Gasteiger charge is -2.17. The highest BCUT2D eigenvalue weighted by atomic mass is 16.2. The van der Waals surface area contributed by atoms with Crippen molar-refractivity contribution in [3.05, 3.63) is 41.2 Å². The summed E-state index contributed by atoms with van der Waals surface area (Å²) >= 11 is 0. The van der Waals surface area contributed by atoms with E-state index >= 15 is 0 Å². The van der Waals surface area contributed by atoms with E-state index in [1.807, 2.05) is 17.9 Å². The highest BCUT2D eigenvalue weighted by Gasteiger charge is 2.46. The Bertz CT molecular complexity index is 808. The van der Waals surface area contributed by atoms with Crippen molar-refractivity contribution in [1.82, 2.24) is 25.1 Å². The summed E-state index contributed by atoms with van der Waals surface area (Å²) in [4.78, 5) is 23.9. The molecule has 0 spiro atoms. The number of carbonyl (C=O) groups excluding carboxylic acids is 1. The Morgan fingerprint density at radius 2 is 2.08 bits per heavy atom. The lowest BCUT2D eigenvalue weighted by molar-refractivity contribution is 0.0784. The molecular formula is C19H23N5O. The van der Waals surface area contributed by atoms with E-state index in [0.29, 0.717) is 17.8 Å². The molecule has 1 N–H and O–H groups in total. The second-order valence-corrected chi connectivity index (χ2v) is 7.86. The Kier molecular flexibility index (Phi) is 3.40. The van der Waals surface area contributed by atoms with Crippen LogP contribution in [0.4, 0.5) is 0 Å². The number of nitrogens with one attached hydrogen (secondary N) is 1. The molecule has 1 saturated heterocycles. The van der Waals surface area contributed by atoms with Gasteiger partial charge in [-0.2, -0.15) is 5.10 Å². The minimum absolute atomic E-state index is 0.120. The topological polar surface area (TPSA) is 74.8 Å². The van der Waals surface area contributed by atoms with Crippen molar-refractivity contribution in [3.8, 4) is 0 Å². The van der Waals surface area contributed by atoms with E-state index in [0.717, 1.165) is 41.8 Å². The summed E-state index contributed by atoms with van der Waals surface area (Å²) in [7, 11) is 0. The van der Waals surface area contributed by atoms with E-state index in [9.17, 15) is 4.79 Å². The minimum Gasteiger partial charge on any atom is -0.338 e. The first-order valence-electron chi connectivity index (χ1n) is 9.33. The maximum Gasteiger partial charge on any atom is 0.254 e. The molecule has 2 aromatic heterocycles. The van der Waals surface area contributed by atoms with E-state index in [-0.39, 0.29) is 5.91 Å². The highest BCUT2D eigenvalue weighted by Crippen LogP contribution is 2.47. The van der Waals surface area contributed by atoms with Gasteiger partial charge in [-0.15, -0.1) is 0 Å². The Hall–Kier alpha value is -2.24. The van der Waals surface area contributed by atoms with Gasteiger partial charge < -0.3 is 4.90 Å². The average molecular weight is 337 g/mol. The first kappa shape index (κ1) is 15.0. The SMILES string of the molecule is Cc1cnccc1C(=O)N1C[C@H](c2nc(C3CC3)n[nH]2)[C@@H](C2CC2)C1. The Morgan fingerprint density at radius 3 is 2.80 bits per heavy atom. The second-order valence-electron chi connectivity index (χ2n) is 7.86. The normalized spacial score (nSPS) is 26.2. The van der Waals surface area contributed by atoms with Crippen LogP contribution in [0.1, 0.15) is 65.1 Å². The molecule has 0 unspecified atom stereocenters. The fourth-order valence-corrected chi connectivity index (χ4v) is 4.15. The number of aryl methyl sites for hydroxylation is 1. The third-order valence-corrected chi connectivity index (χ3v) is 5.94. The van der Waals surface area contributed by atoms with Gasteiger partial charge in [0.15, 0.2) is 5.82 Å². The molecule has 2 saturated carbocycles. The van der Waals surface area contributed by atoms with Crippen LogP contribution in [-0.2, 0) is 0 Å². The first-order valence-corrected chi connectivity index (χ1v) is 9.33. The van der Waals surface area contributed by atoms with Crippen LogP contribution in [0.2, 0.25) is 0 Å². The molecule has 3 heterocycles. The van der Waals surface area contributed by atoms with Crippen LogP contribution in [0.25, 0.3) is 0 Å². The molecule has 1 aliphatic heterocycles. The zero-order chi connectivity index (χ0) is 17.0. The smallest absolute Gasteiger partial charge is 0.254 e.